The van der Waals surface area contributed by atoms with Crippen molar-refractivity contribution in [3.63, 3.8) is 0 Å². The van der Waals surface area contributed by atoms with Crippen molar-refractivity contribution >= 4 is 0 Å². The van der Waals surface area contributed by atoms with Crippen molar-refractivity contribution in [1.82, 2.24) is 20.1 Å². The van der Waals surface area contributed by atoms with E-state index in [1.54, 1.807) is 0 Å². The number of rotatable bonds is 7. The molecule has 0 aliphatic heterocycles. The fourth-order valence-electron chi connectivity index (χ4n) is 2.47. The quantitative estimate of drug-likeness (QED) is 0.847. The fraction of sp³-hybridized carbons (Fsp3) is 0.529. The van der Waals surface area contributed by atoms with Crippen LogP contribution in [0.3, 0.4) is 0 Å². The van der Waals surface area contributed by atoms with Gasteiger partial charge in [0.25, 0.3) is 0 Å². The van der Waals surface area contributed by atoms with Crippen LogP contribution in [-0.2, 0) is 6.42 Å². The third-order valence-corrected chi connectivity index (χ3v) is 3.89. The summed E-state index contributed by atoms with van der Waals surface area (Å²) in [6.45, 7) is 9.50. The average molecular weight is 286 g/mol. The van der Waals surface area contributed by atoms with Crippen LogP contribution in [0.25, 0.3) is 0 Å². The first-order chi connectivity index (χ1) is 10.1. The van der Waals surface area contributed by atoms with Crippen LogP contribution in [-0.4, -0.2) is 21.3 Å². The van der Waals surface area contributed by atoms with Crippen molar-refractivity contribution in [3.05, 3.63) is 47.5 Å². The second-order valence-corrected chi connectivity index (χ2v) is 5.59. The molecule has 0 fully saturated rings. The monoisotopic (exact) mass is 286 g/mol. The highest BCUT2D eigenvalue weighted by atomic mass is 15.3. The fourth-order valence-corrected chi connectivity index (χ4v) is 2.47. The predicted molar refractivity (Wildman–Crippen MR) is 86.3 cm³/mol. The molecule has 0 bridgehead atoms. The number of pyridine rings is 1. The molecule has 0 aliphatic rings. The number of nitrogens with zero attached hydrogens (tertiary/aromatic N) is 3. The summed E-state index contributed by atoms with van der Waals surface area (Å²) < 4.78 is 2.07. The van der Waals surface area contributed by atoms with Crippen LogP contribution in [0.2, 0.25) is 0 Å². The third-order valence-electron chi connectivity index (χ3n) is 3.89. The van der Waals surface area contributed by atoms with E-state index in [2.05, 4.69) is 60.1 Å². The molecule has 2 aromatic rings. The van der Waals surface area contributed by atoms with Gasteiger partial charge in [-0.3, -0.25) is 9.67 Å². The SMILES string of the molecule is CCNC(Cc1ccn(C(C)CC)n1)c1ccnc(C)c1. The Morgan fingerprint density at radius 3 is 2.76 bits per heavy atom. The molecule has 2 heterocycles. The van der Waals surface area contributed by atoms with E-state index in [0.717, 1.165) is 30.8 Å². The Balaban J connectivity index is 2.14. The second-order valence-electron chi connectivity index (χ2n) is 5.59. The van der Waals surface area contributed by atoms with E-state index in [4.69, 9.17) is 5.10 Å². The molecule has 0 saturated carbocycles. The van der Waals surface area contributed by atoms with Gasteiger partial charge < -0.3 is 5.32 Å². The molecule has 4 heteroatoms. The lowest BCUT2D eigenvalue weighted by atomic mass is 10.0. The molecule has 114 valence electrons. The van der Waals surface area contributed by atoms with Crippen LogP contribution in [0.4, 0.5) is 0 Å². The Labute approximate surface area is 127 Å². The van der Waals surface area contributed by atoms with E-state index < -0.39 is 0 Å². The first-order valence-corrected chi connectivity index (χ1v) is 7.84. The smallest absolute Gasteiger partial charge is 0.0643 e. The summed E-state index contributed by atoms with van der Waals surface area (Å²) in [6, 6.07) is 7.12. The maximum absolute atomic E-state index is 4.71. The highest BCUT2D eigenvalue weighted by molar-refractivity contribution is 5.21. The van der Waals surface area contributed by atoms with E-state index in [1.165, 1.54) is 5.56 Å². The van der Waals surface area contributed by atoms with Crippen molar-refractivity contribution < 1.29 is 0 Å². The summed E-state index contributed by atoms with van der Waals surface area (Å²) in [5.41, 5.74) is 3.47. The van der Waals surface area contributed by atoms with Crippen molar-refractivity contribution in [2.75, 3.05) is 6.54 Å². The van der Waals surface area contributed by atoms with E-state index >= 15 is 0 Å². The van der Waals surface area contributed by atoms with Gasteiger partial charge in [-0.05, 0) is 50.6 Å². The van der Waals surface area contributed by atoms with Crippen molar-refractivity contribution in [3.8, 4) is 0 Å². The average Bonchev–Trinajstić information content (AvgIpc) is 2.94. The first-order valence-electron chi connectivity index (χ1n) is 7.84. The summed E-state index contributed by atoms with van der Waals surface area (Å²) in [7, 11) is 0. The summed E-state index contributed by atoms with van der Waals surface area (Å²) in [4.78, 5) is 4.28. The largest absolute Gasteiger partial charge is 0.310 e. The molecule has 2 atom stereocenters. The highest BCUT2D eigenvalue weighted by Crippen LogP contribution is 2.19. The van der Waals surface area contributed by atoms with Gasteiger partial charge in [0.2, 0.25) is 0 Å². The minimum Gasteiger partial charge on any atom is -0.310 e. The molecule has 0 saturated heterocycles. The molecule has 0 spiro atoms. The lowest BCUT2D eigenvalue weighted by Gasteiger charge is -2.17. The number of nitrogens with one attached hydrogen (secondary N) is 1. The minimum absolute atomic E-state index is 0.289. The Hall–Kier alpha value is -1.68. The van der Waals surface area contributed by atoms with E-state index in [-0.39, 0.29) is 6.04 Å². The molecule has 0 amide bonds. The van der Waals surface area contributed by atoms with E-state index in [9.17, 15) is 0 Å². The van der Waals surface area contributed by atoms with Crippen LogP contribution in [0.1, 0.15) is 56.2 Å². The molecule has 1 N–H and O–H groups in total. The van der Waals surface area contributed by atoms with Gasteiger partial charge in [0, 0.05) is 36.6 Å². The Morgan fingerprint density at radius 1 is 1.29 bits per heavy atom. The number of aromatic nitrogens is 3. The van der Waals surface area contributed by atoms with Crippen LogP contribution in [0, 0.1) is 6.92 Å². The lowest BCUT2D eigenvalue weighted by molar-refractivity contribution is 0.467. The summed E-state index contributed by atoms with van der Waals surface area (Å²) in [6.07, 6.45) is 5.97. The summed E-state index contributed by atoms with van der Waals surface area (Å²) >= 11 is 0. The zero-order valence-corrected chi connectivity index (χ0v) is 13.5. The second kappa shape index (κ2) is 7.36. The number of hydrogen-bond acceptors (Lipinski definition) is 3. The summed E-state index contributed by atoms with van der Waals surface area (Å²) in [5, 5.41) is 8.26. The van der Waals surface area contributed by atoms with E-state index in [1.807, 2.05) is 13.1 Å². The number of likely N-dealkylation sites (N-methyl/N-ethyl adjacent to an activating group) is 1. The highest BCUT2D eigenvalue weighted by Gasteiger charge is 2.14. The van der Waals surface area contributed by atoms with Gasteiger partial charge in [-0.25, -0.2) is 0 Å². The minimum atomic E-state index is 0.289. The molecule has 0 radical (unpaired) electrons. The Bertz CT molecular complexity index is 561. The molecular weight excluding hydrogens is 260 g/mol. The number of hydrogen-bond donors (Lipinski definition) is 1. The third kappa shape index (κ3) is 4.14. The first kappa shape index (κ1) is 15.7. The van der Waals surface area contributed by atoms with Crippen molar-refractivity contribution in [2.24, 2.45) is 0 Å². The molecule has 21 heavy (non-hydrogen) atoms. The van der Waals surface area contributed by atoms with Crippen LogP contribution < -0.4 is 5.32 Å². The van der Waals surface area contributed by atoms with Crippen molar-refractivity contribution in [1.29, 1.82) is 0 Å². The van der Waals surface area contributed by atoms with Gasteiger partial charge in [-0.2, -0.15) is 5.10 Å². The van der Waals surface area contributed by atoms with Gasteiger partial charge in [-0.15, -0.1) is 0 Å². The Morgan fingerprint density at radius 2 is 2.10 bits per heavy atom. The molecule has 2 rings (SSSR count). The normalized spacial score (nSPS) is 14.1. The molecule has 2 aromatic heterocycles. The molecule has 0 aliphatic carbocycles. The standard InChI is InChI=1S/C17H26N4/c1-5-14(4)21-10-8-16(20-21)12-17(18-6-2)15-7-9-19-13(3)11-15/h7-11,14,17-18H,5-6,12H2,1-4H3. The van der Waals surface area contributed by atoms with E-state index in [0.29, 0.717) is 6.04 Å². The zero-order valence-electron chi connectivity index (χ0n) is 13.5. The number of aryl methyl sites for hydroxylation is 1. The van der Waals surface area contributed by atoms with Crippen LogP contribution >= 0.6 is 0 Å². The van der Waals surface area contributed by atoms with Gasteiger partial charge in [0.05, 0.1) is 5.69 Å². The van der Waals surface area contributed by atoms with Gasteiger partial charge in [0.1, 0.15) is 0 Å². The maximum atomic E-state index is 4.71. The van der Waals surface area contributed by atoms with Gasteiger partial charge >= 0.3 is 0 Å². The summed E-state index contributed by atoms with van der Waals surface area (Å²) in [5.74, 6) is 0. The topological polar surface area (TPSA) is 42.7 Å². The maximum Gasteiger partial charge on any atom is 0.0643 e. The predicted octanol–water partition coefficient (Wildman–Crippen LogP) is 3.45. The Kier molecular flexibility index (Phi) is 5.51. The molecule has 0 aromatic carbocycles. The molecule has 4 nitrogen and oxygen atoms in total. The van der Waals surface area contributed by atoms with Crippen LogP contribution in [0.15, 0.2) is 30.6 Å². The lowest BCUT2D eigenvalue weighted by Crippen LogP contribution is -2.23. The molecular formula is C17H26N4. The van der Waals surface area contributed by atoms with Crippen LogP contribution in [0.5, 0.6) is 0 Å². The van der Waals surface area contributed by atoms with Gasteiger partial charge in [0.15, 0.2) is 0 Å². The zero-order chi connectivity index (χ0) is 15.2. The molecule has 2 unspecified atom stereocenters. The van der Waals surface area contributed by atoms with Gasteiger partial charge in [-0.1, -0.05) is 13.8 Å². The van der Waals surface area contributed by atoms with Crippen molar-refractivity contribution in [2.45, 2.75) is 52.6 Å².